The largest absolute Gasteiger partial charge is 0.371 e. The molecule has 17 heavy (non-hydrogen) atoms. The topological polar surface area (TPSA) is 21.3 Å². The molecular formula is C14H20FNO. The van der Waals surface area contributed by atoms with Gasteiger partial charge in [0.05, 0.1) is 12.7 Å². The lowest BCUT2D eigenvalue weighted by atomic mass is 10.0. The van der Waals surface area contributed by atoms with E-state index in [4.69, 9.17) is 4.74 Å². The van der Waals surface area contributed by atoms with Gasteiger partial charge in [0.1, 0.15) is 5.82 Å². The standard InChI is InChI=1S/C14H20FNO/c1-10(2)6-13-9-17-14(8-16-13)11-4-3-5-12(15)7-11/h3-5,7,10,13-14,16H,6,8-9H2,1-2H3. The van der Waals surface area contributed by atoms with E-state index in [1.165, 1.54) is 6.07 Å². The molecule has 1 fully saturated rings. The summed E-state index contributed by atoms with van der Waals surface area (Å²) in [6.45, 7) is 5.89. The number of morpholine rings is 1. The van der Waals surface area contributed by atoms with E-state index >= 15 is 0 Å². The van der Waals surface area contributed by atoms with E-state index in [0.29, 0.717) is 18.6 Å². The second-order valence-electron chi connectivity index (χ2n) is 5.11. The molecule has 2 atom stereocenters. The van der Waals surface area contributed by atoms with Gasteiger partial charge in [-0.05, 0) is 30.0 Å². The van der Waals surface area contributed by atoms with Gasteiger partial charge in [-0.25, -0.2) is 4.39 Å². The minimum Gasteiger partial charge on any atom is -0.371 e. The zero-order valence-corrected chi connectivity index (χ0v) is 10.4. The number of ether oxygens (including phenoxy) is 1. The van der Waals surface area contributed by atoms with Gasteiger partial charge in [-0.2, -0.15) is 0 Å². The van der Waals surface area contributed by atoms with Crippen LogP contribution in [0.1, 0.15) is 31.9 Å². The van der Waals surface area contributed by atoms with Gasteiger partial charge in [0.2, 0.25) is 0 Å². The first kappa shape index (κ1) is 12.5. The molecule has 0 amide bonds. The van der Waals surface area contributed by atoms with Crippen LogP contribution in [0.15, 0.2) is 24.3 Å². The lowest BCUT2D eigenvalue weighted by Crippen LogP contribution is -2.43. The van der Waals surface area contributed by atoms with Gasteiger partial charge in [-0.15, -0.1) is 0 Å². The van der Waals surface area contributed by atoms with Crippen molar-refractivity contribution in [2.24, 2.45) is 5.92 Å². The fourth-order valence-corrected chi connectivity index (χ4v) is 2.27. The van der Waals surface area contributed by atoms with Gasteiger partial charge in [-0.1, -0.05) is 26.0 Å². The van der Waals surface area contributed by atoms with Crippen molar-refractivity contribution < 1.29 is 9.13 Å². The zero-order valence-electron chi connectivity index (χ0n) is 10.4. The van der Waals surface area contributed by atoms with Crippen LogP contribution in [0.5, 0.6) is 0 Å². The molecule has 0 spiro atoms. The molecule has 1 aliphatic rings. The predicted octanol–water partition coefficient (Wildman–Crippen LogP) is 2.90. The lowest BCUT2D eigenvalue weighted by Gasteiger charge is -2.31. The Morgan fingerprint density at radius 2 is 2.29 bits per heavy atom. The second kappa shape index (κ2) is 5.61. The Kier molecular flexibility index (Phi) is 4.13. The molecule has 1 aliphatic heterocycles. The summed E-state index contributed by atoms with van der Waals surface area (Å²) in [7, 11) is 0. The van der Waals surface area contributed by atoms with Crippen LogP contribution in [0.25, 0.3) is 0 Å². The summed E-state index contributed by atoms with van der Waals surface area (Å²) in [6, 6.07) is 7.09. The van der Waals surface area contributed by atoms with Gasteiger partial charge in [-0.3, -0.25) is 0 Å². The molecule has 0 aromatic heterocycles. The highest BCUT2D eigenvalue weighted by atomic mass is 19.1. The highest BCUT2D eigenvalue weighted by Crippen LogP contribution is 2.22. The van der Waals surface area contributed by atoms with Crippen LogP contribution in [-0.2, 0) is 4.74 Å². The Morgan fingerprint density at radius 3 is 2.88 bits per heavy atom. The highest BCUT2D eigenvalue weighted by Gasteiger charge is 2.22. The lowest BCUT2D eigenvalue weighted by molar-refractivity contribution is -0.00144. The van der Waals surface area contributed by atoms with Crippen molar-refractivity contribution in [2.75, 3.05) is 13.2 Å². The van der Waals surface area contributed by atoms with Crippen molar-refractivity contribution in [2.45, 2.75) is 32.4 Å². The summed E-state index contributed by atoms with van der Waals surface area (Å²) in [5.74, 6) is 0.470. The van der Waals surface area contributed by atoms with Crippen molar-refractivity contribution in [1.29, 1.82) is 0 Å². The average Bonchev–Trinajstić information content (AvgIpc) is 2.29. The molecule has 3 heteroatoms. The Balaban J connectivity index is 1.91. The Bertz CT molecular complexity index is 359. The second-order valence-corrected chi connectivity index (χ2v) is 5.11. The van der Waals surface area contributed by atoms with E-state index in [9.17, 15) is 4.39 Å². The summed E-state index contributed by atoms with van der Waals surface area (Å²) in [4.78, 5) is 0. The Hall–Kier alpha value is -0.930. The van der Waals surface area contributed by atoms with E-state index in [0.717, 1.165) is 18.5 Å². The van der Waals surface area contributed by atoms with E-state index in [1.54, 1.807) is 12.1 Å². The number of hydrogen-bond acceptors (Lipinski definition) is 2. The van der Waals surface area contributed by atoms with Crippen LogP contribution >= 0.6 is 0 Å². The van der Waals surface area contributed by atoms with Crippen LogP contribution in [0.2, 0.25) is 0 Å². The third-order valence-corrected chi connectivity index (χ3v) is 3.07. The zero-order chi connectivity index (χ0) is 12.3. The molecule has 1 aromatic rings. The van der Waals surface area contributed by atoms with E-state index in [-0.39, 0.29) is 11.9 Å². The maximum atomic E-state index is 13.1. The molecule has 1 N–H and O–H groups in total. The molecular weight excluding hydrogens is 217 g/mol. The normalized spacial score (nSPS) is 25.2. The van der Waals surface area contributed by atoms with Crippen molar-refractivity contribution in [1.82, 2.24) is 5.32 Å². The molecule has 2 unspecified atom stereocenters. The quantitative estimate of drug-likeness (QED) is 0.872. The van der Waals surface area contributed by atoms with Gasteiger partial charge in [0.25, 0.3) is 0 Å². The number of nitrogens with one attached hydrogen (secondary N) is 1. The molecule has 94 valence electrons. The molecule has 2 nitrogen and oxygen atoms in total. The fraction of sp³-hybridized carbons (Fsp3) is 0.571. The van der Waals surface area contributed by atoms with Gasteiger partial charge < -0.3 is 10.1 Å². The van der Waals surface area contributed by atoms with Crippen LogP contribution in [0.3, 0.4) is 0 Å². The molecule has 1 aromatic carbocycles. The molecule has 0 radical (unpaired) electrons. The SMILES string of the molecule is CC(C)CC1COC(c2cccc(F)c2)CN1. The molecule has 2 rings (SSSR count). The van der Waals surface area contributed by atoms with Gasteiger partial charge in [0.15, 0.2) is 0 Å². The Morgan fingerprint density at radius 1 is 1.47 bits per heavy atom. The van der Waals surface area contributed by atoms with E-state index < -0.39 is 0 Å². The van der Waals surface area contributed by atoms with Gasteiger partial charge in [0, 0.05) is 12.6 Å². The molecule has 1 saturated heterocycles. The van der Waals surface area contributed by atoms with Crippen molar-refractivity contribution in [3.05, 3.63) is 35.6 Å². The fourth-order valence-electron chi connectivity index (χ4n) is 2.27. The smallest absolute Gasteiger partial charge is 0.123 e. The maximum absolute atomic E-state index is 13.1. The monoisotopic (exact) mass is 237 g/mol. The van der Waals surface area contributed by atoms with Crippen LogP contribution in [-0.4, -0.2) is 19.2 Å². The minimum atomic E-state index is -0.199. The molecule has 0 saturated carbocycles. The molecule has 1 heterocycles. The number of rotatable bonds is 3. The average molecular weight is 237 g/mol. The van der Waals surface area contributed by atoms with E-state index in [2.05, 4.69) is 19.2 Å². The first-order valence-corrected chi connectivity index (χ1v) is 6.25. The van der Waals surface area contributed by atoms with Gasteiger partial charge >= 0.3 is 0 Å². The van der Waals surface area contributed by atoms with Crippen molar-refractivity contribution in [3.63, 3.8) is 0 Å². The summed E-state index contributed by atoms with van der Waals surface area (Å²) in [5.41, 5.74) is 0.917. The number of halogens is 1. The minimum absolute atomic E-state index is 0.0193. The number of benzene rings is 1. The summed E-state index contributed by atoms with van der Waals surface area (Å²) in [6.07, 6.45) is 1.10. The van der Waals surface area contributed by atoms with Crippen LogP contribution in [0.4, 0.5) is 4.39 Å². The number of hydrogen-bond donors (Lipinski definition) is 1. The molecule has 0 aliphatic carbocycles. The summed E-state index contributed by atoms with van der Waals surface area (Å²) >= 11 is 0. The molecule has 0 bridgehead atoms. The first-order chi connectivity index (χ1) is 8.15. The Labute approximate surface area is 102 Å². The summed E-state index contributed by atoms with van der Waals surface area (Å²) < 4.78 is 18.9. The third kappa shape index (κ3) is 3.51. The van der Waals surface area contributed by atoms with Crippen LogP contribution in [0, 0.1) is 11.7 Å². The van der Waals surface area contributed by atoms with Crippen LogP contribution < -0.4 is 5.32 Å². The van der Waals surface area contributed by atoms with Crippen molar-refractivity contribution >= 4 is 0 Å². The highest BCUT2D eigenvalue weighted by molar-refractivity contribution is 5.19. The predicted molar refractivity (Wildman–Crippen MR) is 66.3 cm³/mol. The van der Waals surface area contributed by atoms with Crippen molar-refractivity contribution in [3.8, 4) is 0 Å². The third-order valence-electron chi connectivity index (χ3n) is 3.07. The maximum Gasteiger partial charge on any atom is 0.123 e. The summed E-state index contributed by atoms with van der Waals surface area (Å²) in [5, 5.41) is 3.47. The first-order valence-electron chi connectivity index (χ1n) is 6.25. The van der Waals surface area contributed by atoms with E-state index in [1.807, 2.05) is 6.07 Å².